The lowest BCUT2D eigenvalue weighted by atomic mass is 9.96. The summed E-state index contributed by atoms with van der Waals surface area (Å²) in [4.78, 5) is 2.58. The monoisotopic (exact) mass is 181 g/mol. The SMILES string of the molecule is CC1(C)OC[C@@H]2[C@H](C3CC3)CCN21. The quantitative estimate of drug-likeness (QED) is 0.612. The summed E-state index contributed by atoms with van der Waals surface area (Å²) in [6, 6.07) is 0.752. The molecule has 3 aliphatic rings. The Hall–Kier alpha value is -0.0800. The maximum Gasteiger partial charge on any atom is 0.116 e. The van der Waals surface area contributed by atoms with Crippen molar-refractivity contribution in [3.63, 3.8) is 0 Å². The van der Waals surface area contributed by atoms with E-state index in [-0.39, 0.29) is 5.72 Å². The van der Waals surface area contributed by atoms with Gasteiger partial charge in [-0.1, -0.05) is 0 Å². The molecule has 2 nitrogen and oxygen atoms in total. The Morgan fingerprint density at radius 2 is 2.00 bits per heavy atom. The Labute approximate surface area is 80.2 Å². The molecule has 0 aromatic heterocycles. The number of rotatable bonds is 1. The van der Waals surface area contributed by atoms with Gasteiger partial charge in [0, 0.05) is 12.6 Å². The lowest BCUT2D eigenvalue weighted by Crippen LogP contribution is -2.41. The van der Waals surface area contributed by atoms with Crippen molar-refractivity contribution in [3.8, 4) is 0 Å². The molecule has 13 heavy (non-hydrogen) atoms. The molecular weight excluding hydrogens is 162 g/mol. The fourth-order valence-electron chi connectivity index (χ4n) is 3.21. The smallest absolute Gasteiger partial charge is 0.116 e. The highest BCUT2D eigenvalue weighted by Gasteiger charge is 2.51. The predicted octanol–water partition coefficient (Wildman–Crippen LogP) is 1.85. The third kappa shape index (κ3) is 1.15. The lowest BCUT2D eigenvalue weighted by molar-refractivity contribution is -0.0478. The van der Waals surface area contributed by atoms with Crippen LogP contribution in [-0.4, -0.2) is 29.8 Å². The summed E-state index contributed by atoms with van der Waals surface area (Å²) >= 11 is 0. The molecule has 0 unspecified atom stereocenters. The molecule has 0 spiro atoms. The van der Waals surface area contributed by atoms with Crippen molar-refractivity contribution in [2.45, 2.75) is 44.9 Å². The first-order chi connectivity index (χ1) is 6.18. The van der Waals surface area contributed by atoms with E-state index in [0.717, 1.165) is 24.5 Å². The van der Waals surface area contributed by atoms with E-state index in [1.807, 2.05) is 0 Å². The molecule has 0 amide bonds. The summed E-state index contributed by atoms with van der Waals surface area (Å²) in [5.74, 6) is 2.01. The topological polar surface area (TPSA) is 12.5 Å². The van der Waals surface area contributed by atoms with Crippen molar-refractivity contribution in [2.24, 2.45) is 11.8 Å². The fourth-order valence-corrected chi connectivity index (χ4v) is 3.21. The molecule has 2 saturated heterocycles. The molecule has 2 heterocycles. The summed E-state index contributed by atoms with van der Waals surface area (Å²) < 4.78 is 5.84. The largest absolute Gasteiger partial charge is 0.359 e. The molecular formula is C11H19NO. The summed E-state index contributed by atoms with van der Waals surface area (Å²) in [6.07, 6.45) is 4.38. The van der Waals surface area contributed by atoms with E-state index in [2.05, 4.69) is 18.7 Å². The molecule has 0 N–H and O–H groups in total. The predicted molar refractivity (Wildman–Crippen MR) is 51.4 cm³/mol. The van der Waals surface area contributed by atoms with Gasteiger partial charge in [-0.15, -0.1) is 0 Å². The molecule has 2 atom stereocenters. The van der Waals surface area contributed by atoms with Crippen LogP contribution in [0.4, 0.5) is 0 Å². The van der Waals surface area contributed by atoms with Crippen molar-refractivity contribution < 1.29 is 4.74 Å². The normalized spacial score (nSPS) is 43.8. The molecule has 0 aromatic carbocycles. The van der Waals surface area contributed by atoms with Crippen LogP contribution in [0.5, 0.6) is 0 Å². The van der Waals surface area contributed by atoms with Crippen molar-refractivity contribution in [1.29, 1.82) is 0 Å². The Morgan fingerprint density at radius 3 is 2.69 bits per heavy atom. The highest BCUT2D eigenvalue weighted by Crippen LogP contribution is 2.48. The van der Waals surface area contributed by atoms with Gasteiger partial charge in [-0.25, -0.2) is 0 Å². The summed E-state index contributed by atoms with van der Waals surface area (Å²) in [5.41, 5.74) is 0.0221. The van der Waals surface area contributed by atoms with Gasteiger partial charge in [0.25, 0.3) is 0 Å². The molecule has 2 aliphatic heterocycles. The van der Waals surface area contributed by atoms with Crippen LogP contribution in [0.1, 0.15) is 33.1 Å². The molecule has 3 fully saturated rings. The third-order valence-electron chi connectivity index (χ3n) is 4.12. The van der Waals surface area contributed by atoms with E-state index in [0.29, 0.717) is 0 Å². The van der Waals surface area contributed by atoms with Crippen LogP contribution >= 0.6 is 0 Å². The molecule has 1 saturated carbocycles. The second kappa shape index (κ2) is 2.48. The zero-order chi connectivity index (χ0) is 9.05. The molecule has 0 aromatic rings. The Morgan fingerprint density at radius 1 is 1.23 bits per heavy atom. The molecule has 0 radical (unpaired) electrons. The molecule has 1 aliphatic carbocycles. The Bertz CT molecular complexity index is 222. The lowest BCUT2D eigenvalue weighted by Gasteiger charge is -2.29. The molecule has 2 heteroatoms. The minimum absolute atomic E-state index is 0.0221. The zero-order valence-corrected chi connectivity index (χ0v) is 8.62. The van der Waals surface area contributed by atoms with E-state index in [4.69, 9.17) is 4.74 Å². The van der Waals surface area contributed by atoms with E-state index < -0.39 is 0 Å². The number of hydrogen-bond donors (Lipinski definition) is 0. The van der Waals surface area contributed by atoms with Crippen LogP contribution in [0.2, 0.25) is 0 Å². The average molecular weight is 181 g/mol. The average Bonchev–Trinajstić information content (AvgIpc) is 2.74. The van der Waals surface area contributed by atoms with Crippen molar-refractivity contribution in [1.82, 2.24) is 4.90 Å². The van der Waals surface area contributed by atoms with Crippen molar-refractivity contribution >= 4 is 0 Å². The van der Waals surface area contributed by atoms with Crippen LogP contribution in [0.25, 0.3) is 0 Å². The van der Waals surface area contributed by atoms with Gasteiger partial charge in [-0.3, -0.25) is 4.90 Å². The van der Waals surface area contributed by atoms with E-state index >= 15 is 0 Å². The van der Waals surface area contributed by atoms with Gasteiger partial charge in [0.05, 0.1) is 6.61 Å². The van der Waals surface area contributed by atoms with Crippen LogP contribution < -0.4 is 0 Å². The number of fused-ring (bicyclic) bond motifs is 1. The standard InChI is InChI=1S/C11H19NO/c1-11(2)12-6-5-9(8-3-4-8)10(12)7-13-11/h8-10H,3-7H2,1-2H3/t9-,10+/m0/s1. The molecule has 74 valence electrons. The number of ether oxygens (including phenoxy) is 1. The van der Waals surface area contributed by atoms with E-state index in [9.17, 15) is 0 Å². The van der Waals surface area contributed by atoms with E-state index in [1.54, 1.807) is 0 Å². The summed E-state index contributed by atoms with van der Waals surface area (Å²) in [6.45, 7) is 6.66. The van der Waals surface area contributed by atoms with E-state index in [1.165, 1.54) is 25.8 Å². The Balaban J connectivity index is 1.79. The third-order valence-corrected chi connectivity index (χ3v) is 4.12. The van der Waals surface area contributed by atoms with Gasteiger partial charge in [0.2, 0.25) is 0 Å². The first kappa shape index (κ1) is 8.25. The van der Waals surface area contributed by atoms with Gasteiger partial charge >= 0.3 is 0 Å². The van der Waals surface area contributed by atoms with Crippen LogP contribution in [0.15, 0.2) is 0 Å². The minimum atomic E-state index is 0.0221. The highest BCUT2D eigenvalue weighted by atomic mass is 16.5. The number of nitrogens with zero attached hydrogens (tertiary/aromatic N) is 1. The maximum atomic E-state index is 5.84. The van der Waals surface area contributed by atoms with Gasteiger partial charge in [0.15, 0.2) is 0 Å². The minimum Gasteiger partial charge on any atom is -0.359 e. The van der Waals surface area contributed by atoms with Crippen LogP contribution in [0, 0.1) is 11.8 Å². The first-order valence-electron chi connectivity index (χ1n) is 5.59. The second-order valence-corrected chi connectivity index (χ2v) is 5.31. The van der Waals surface area contributed by atoms with Crippen molar-refractivity contribution in [3.05, 3.63) is 0 Å². The van der Waals surface area contributed by atoms with Crippen LogP contribution in [0.3, 0.4) is 0 Å². The molecule has 0 bridgehead atoms. The fraction of sp³-hybridized carbons (Fsp3) is 1.00. The first-order valence-corrected chi connectivity index (χ1v) is 5.59. The Kier molecular flexibility index (Phi) is 1.58. The van der Waals surface area contributed by atoms with Crippen LogP contribution in [-0.2, 0) is 4.74 Å². The van der Waals surface area contributed by atoms with Crippen molar-refractivity contribution in [2.75, 3.05) is 13.2 Å². The summed E-state index contributed by atoms with van der Waals surface area (Å²) in [7, 11) is 0. The summed E-state index contributed by atoms with van der Waals surface area (Å²) in [5, 5.41) is 0. The van der Waals surface area contributed by atoms with Gasteiger partial charge in [-0.2, -0.15) is 0 Å². The number of hydrogen-bond acceptors (Lipinski definition) is 2. The zero-order valence-electron chi connectivity index (χ0n) is 8.62. The van der Waals surface area contributed by atoms with Gasteiger partial charge in [-0.05, 0) is 44.9 Å². The highest BCUT2D eigenvalue weighted by molar-refractivity contribution is 5.00. The van der Waals surface area contributed by atoms with Gasteiger partial charge < -0.3 is 4.74 Å². The van der Waals surface area contributed by atoms with Gasteiger partial charge in [0.1, 0.15) is 5.72 Å². The second-order valence-electron chi connectivity index (χ2n) is 5.31. The maximum absolute atomic E-state index is 5.84. The molecule has 3 rings (SSSR count).